The number of methoxy groups -OCH3 is 2. The van der Waals surface area contributed by atoms with Crippen LogP contribution in [0.4, 0.5) is 5.69 Å². The number of anilines is 1. The number of halogens is 4. The van der Waals surface area contributed by atoms with Gasteiger partial charge in [0.15, 0.2) is 5.78 Å². The SMILES string of the molecule is COC1(OC)C2(Cl)C(Cl)=C(Cl)C1(Cl)C1C(=O)N(c3cccc(C(C)=O)c3)C(=O)C12. The summed E-state index contributed by atoms with van der Waals surface area (Å²) in [6.45, 7) is 1.39. The Labute approximate surface area is 186 Å². The van der Waals surface area contributed by atoms with Crippen molar-refractivity contribution in [2.45, 2.75) is 22.5 Å². The summed E-state index contributed by atoms with van der Waals surface area (Å²) in [5.74, 6) is -5.64. The van der Waals surface area contributed by atoms with E-state index in [2.05, 4.69) is 0 Å². The van der Waals surface area contributed by atoms with Crippen LogP contribution in [0.5, 0.6) is 0 Å². The zero-order valence-corrected chi connectivity index (χ0v) is 18.5. The lowest BCUT2D eigenvalue weighted by atomic mass is 9.84. The third-order valence-corrected chi connectivity index (χ3v) is 8.65. The minimum atomic E-state index is -1.83. The number of rotatable bonds is 4. The summed E-state index contributed by atoms with van der Waals surface area (Å²) in [4.78, 5) is 35.9. The van der Waals surface area contributed by atoms with Crippen LogP contribution in [-0.4, -0.2) is 47.4 Å². The van der Waals surface area contributed by atoms with E-state index in [1.807, 2.05) is 0 Å². The first-order chi connectivity index (χ1) is 13.5. The molecule has 6 nitrogen and oxygen atoms in total. The fourth-order valence-electron chi connectivity index (χ4n) is 4.82. The predicted octanol–water partition coefficient (Wildman–Crippen LogP) is 3.66. The second-order valence-electron chi connectivity index (χ2n) is 7.15. The summed E-state index contributed by atoms with van der Waals surface area (Å²) >= 11 is 26.6. The molecule has 4 atom stereocenters. The Kier molecular flexibility index (Phi) is 4.67. The van der Waals surface area contributed by atoms with Gasteiger partial charge in [-0.15, -0.1) is 23.2 Å². The molecule has 0 aromatic heterocycles. The van der Waals surface area contributed by atoms with Crippen LogP contribution in [0.1, 0.15) is 17.3 Å². The molecule has 2 amide bonds. The molecule has 1 heterocycles. The Bertz CT molecular complexity index is 960. The maximum Gasteiger partial charge on any atom is 0.240 e. The lowest BCUT2D eigenvalue weighted by molar-refractivity contribution is -0.221. The highest BCUT2D eigenvalue weighted by molar-refractivity contribution is 6.54. The number of ether oxygens (including phenoxy) is 2. The molecule has 1 aromatic carbocycles. The number of imide groups is 1. The van der Waals surface area contributed by atoms with E-state index in [-0.39, 0.29) is 21.5 Å². The van der Waals surface area contributed by atoms with Gasteiger partial charge in [0.1, 0.15) is 9.75 Å². The van der Waals surface area contributed by atoms with Crippen molar-refractivity contribution >= 4 is 69.7 Å². The molecule has 0 spiro atoms. The van der Waals surface area contributed by atoms with Gasteiger partial charge in [0.05, 0.1) is 27.6 Å². The van der Waals surface area contributed by atoms with Gasteiger partial charge in [0, 0.05) is 19.8 Å². The molecule has 1 aliphatic heterocycles. The van der Waals surface area contributed by atoms with Gasteiger partial charge >= 0.3 is 0 Å². The number of alkyl halides is 2. The Balaban J connectivity index is 1.91. The first-order valence-corrected chi connectivity index (χ1v) is 10.1. The summed E-state index contributed by atoms with van der Waals surface area (Å²) in [5, 5.41) is -0.192. The van der Waals surface area contributed by atoms with Gasteiger partial charge in [-0.2, -0.15) is 0 Å². The molecule has 1 saturated heterocycles. The van der Waals surface area contributed by atoms with Crippen LogP contribution < -0.4 is 4.90 Å². The quantitative estimate of drug-likeness (QED) is 0.286. The Morgan fingerprint density at radius 3 is 1.90 bits per heavy atom. The standard InChI is InChI=1S/C19H15Cl4NO5/c1-8(25)9-5-4-6-10(7-9)24-15(26)11-12(16(24)27)18(23)14(21)13(20)17(11,22)19(18,28-2)29-3/h4-7,11-12H,1-3H3. The smallest absolute Gasteiger partial charge is 0.240 e. The highest BCUT2D eigenvalue weighted by Gasteiger charge is 2.89. The van der Waals surface area contributed by atoms with E-state index in [4.69, 9.17) is 55.9 Å². The van der Waals surface area contributed by atoms with Crippen molar-refractivity contribution in [3.63, 3.8) is 0 Å². The van der Waals surface area contributed by atoms with E-state index in [0.29, 0.717) is 5.56 Å². The minimum absolute atomic E-state index is 0.0960. The van der Waals surface area contributed by atoms with Gasteiger partial charge in [-0.05, 0) is 19.1 Å². The number of nitrogens with zero attached hydrogens (tertiary/aromatic N) is 1. The zero-order valence-electron chi connectivity index (χ0n) is 15.5. The van der Waals surface area contributed by atoms with Gasteiger partial charge in [0.25, 0.3) is 0 Å². The number of benzene rings is 1. The Morgan fingerprint density at radius 2 is 1.48 bits per heavy atom. The number of hydrogen-bond acceptors (Lipinski definition) is 5. The number of carbonyl (C=O) groups is 3. The van der Waals surface area contributed by atoms with E-state index in [1.165, 1.54) is 27.2 Å². The van der Waals surface area contributed by atoms with Gasteiger partial charge in [-0.1, -0.05) is 35.3 Å². The lowest BCUT2D eigenvalue weighted by Gasteiger charge is -2.42. The third kappa shape index (κ3) is 2.10. The van der Waals surface area contributed by atoms with Crippen molar-refractivity contribution in [1.29, 1.82) is 0 Å². The highest BCUT2D eigenvalue weighted by atomic mass is 35.5. The van der Waals surface area contributed by atoms with Crippen LogP contribution in [-0.2, 0) is 19.1 Å². The molecule has 0 radical (unpaired) electrons. The maximum absolute atomic E-state index is 13.4. The van der Waals surface area contributed by atoms with Crippen LogP contribution in [0.3, 0.4) is 0 Å². The van der Waals surface area contributed by atoms with Crippen molar-refractivity contribution in [3.8, 4) is 0 Å². The molecule has 2 fully saturated rings. The summed E-state index contributed by atoms with van der Waals surface area (Å²) < 4.78 is 11.1. The first-order valence-electron chi connectivity index (χ1n) is 8.57. The molecule has 1 aromatic rings. The van der Waals surface area contributed by atoms with Crippen LogP contribution in [0.15, 0.2) is 34.3 Å². The molecule has 0 N–H and O–H groups in total. The van der Waals surface area contributed by atoms with Crippen molar-refractivity contribution in [2.75, 3.05) is 19.1 Å². The molecule has 2 aliphatic carbocycles. The number of carbonyl (C=O) groups excluding carboxylic acids is 3. The average Bonchev–Trinajstić information content (AvgIpc) is 3.12. The molecule has 154 valence electrons. The summed E-state index contributed by atoms with van der Waals surface area (Å²) in [6, 6.07) is 6.17. The monoisotopic (exact) mass is 477 g/mol. The summed E-state index contributed by atoms with van der Waals surface area (Å²) in [5.41, 5.74) is 0.580. The average molecular weight is 479 g/mol. The van der Waals surface area contributed by atoms with Gasteiger partial charge < -0.3 is 9.47 Å². The first kappa shape index (κ1) is 21.1. The van der Waals surface area contributed by atoms with Gasteiger partial charge in [-0.25, -0.2) is 4.90 Å². The number of Topliss-reactive ketones (excluding diaryl/α,β-unsaturated/α-hetero) is 1. The third-order valence-electron chi connectivity index (χ3n) is 6.04. The van der Waals surface area contributed by atoms with E-state index in [0.717, 1.165) is 4.90 Å². The van der Waals surface area contributed by atoms with Crippen LogP contribution >= 0.6 is 46.4 Å². The van der Waals surface area contributed by atoms with Crippen LogP contribution in [0, 0.1) is 11.8 Å². The molecule has 29 heavy (non-hydrogen) atoms. The second kappa shape index (κ2) is 6.42. The summed E-state index contributed by atoms with van der Waals surface area (Å²) in [7, 11) is 2.59. The fraction of sp³-hybridized carbons (Fsp3) is 0.421. The number of fused-ring (bicyclic) bond motifs is 5. The second-order valence-corrected chi connectivity index (χ2v) is 9.10. The largest absolute Gasteiger partial charge is 0.350 e. The van der Waals surface area contributed by atoms with Crippen molar-refractivity contribution in [3.05, 3.63) is 39.9 Å². The molecule has 10 heteroatoms. The molecular weight excluding hydrogens is 464 g/mol. The molecule has 3 aliphatic rings. The fourth-order valence-corrected chi connectivity index (χ4v) is 6.98. The number of amides is 2. The predicted molar refractivity (Wildman–Crippen MR) is 109 cm³/mol. The molecular formula is C19H15Cl4NO5. The minimum Gasteiger partial charge on any atom is -0.350 e. The van der Waals surface area contributed by atoms with Crippen molar-refractivity contribution < 1.29 is 23.9 Å². The van der Waals surface area contributed by atoms with Crippen LogP contribution in [0.2, 0.25) is 0 Å². The van der Waals surface area contributed by atoms with E-state index >= 15 is 0 Å². The van der Waals surface area contributed by atoms with Gasteiger partial charge in [0.2, 0.25) is 17.6 Å². The molecule has 1 saturated carbocycles. The number of ketones is 1. The van der Waals surface area contributed by atoms with Gasteiger partial charge in [-0.3, -0.25) is 14.4 Å². The Hall–Kier alpha value is -1.15. The Morgan fingerprint density at radius 1 is 1.00 bits per heavy atom. The maximum atomic E-state index is 13.4. The molecule has 2 bridgehead atoms. The topological polar surface area (TPSA) is 72.9 Å². The van der Waals surface area contributed by atoms with Crippen LogP contribution in [0.25, 0.3) is 0 Å². The zero-order chi connectivity index (χ0) is 21.5. The highest BCUT2D eigenvalue weighted by Crippen LogP contribution is 2.75. The normalized spacial score (nSPS) is 34.9. The van der Waals surface area contributed by atoms with E-state index < -0.39 is 39.2 Å². The lowest BCUT2D eigenvalue weighted by Crippen LogP contribution is -2.60. The molecule has 4 rings (SSSR count). The molecule has 4 unspecified atom stereocenters. The van der Waals surface area contributed by atoms with E-state index in [1.54, 1.807) is 18.2 Å². The van der Waals surface area contributed by atoms with Crippen molar-refractivity contribution in [2.24, 2.45) is 11.8 Å². The number of hydrogen-bond donors (Lipinski definition) is 0. The summed E-state index contributed by atoms with van der Waals surface area (Å²) in [6.07, 6.45) is 0. The van der Waals surface area contributed by atoms with Crippen molar-refractivity contribution in [1.82, 2.24) is 0 Å². The van der Waals surface area contributed by atoms with E-state index in [9.17, 15) is 14.4 Å².